The van der Waals surface area contributed by atoms with Crippen molar-refractivity contribution < 1.29 is 0 Å². The minimum absolute atomic E-state index is 0.0307. The Morgan fingerprint density at radius 3 is 2.96 bits per heavy atom. The van der Waals surface area contributed by atoms with Crippen LogP contribution in [0.4, 0.5) is 0 Å². The Labute approximate surface area is 144 Å². The molecule has 1 atom stereocenters. The largest absolute Gasteiger partial charge is 0.309 e. The number of nitrogens with one attached hydrogen (secondary N) is 1. The van der Waals surface area contributed by atoms with Gasteiger partial charge in [0, 0.05) is 19.7 Å². The molecule has 0 radical (unpaired) electrons. The van der Waals surface area contributed by atoms with Crippen LogP contribution < -0.4 is 11.1 Å². The molecule has 0 saturated carbocycles. The Balaban J connectivity index is 1.66. The highest BCUT2D eigenvalue weighted by molar-refractivity contribution is 5.77. The predicted molar refractivity (Wildman–Crippen MR) is 94.2 cm³/mol. The third-order valence-electron chi connectivity index (χ3n) is 4.71. The Morgan fingerprint density at radius 1 is 1.28 bits per heavy atom. The summed E-state index contributed by atoms with van der Waals surface area (Å²) in [6.45, 7) is 1.45. The predicted octanol–water partition coefficient (Wildman–Crippen LogP) is 1.35. The van der Waals surface area contributed by atoms with Crippen LogP contribution in [0.2, 0.25) is 0 Å². The molecule has 1 fully saturated rings. The molecule has 2 aromatic heterocycles. The van der Waals surface area contributed by atoms with E-state index >= 15 is 0 Å². The lowest BCUT2D eigenvalue weighted by atomic mass is 10.2. The summed E-state index contributed by atoms with van der Waals surface area (Å²) in [5.41, 5.74) is 1.26. The van der Waals surface area contributed by atoms with E-state index in [9.17, 15) is 9.59 Å². The molecule has 4 rings (SSSR count). The highest BCUT2D eigenvalue weighted by Crippen LogP contribution is 2.30. The van der Waals surface area contributed by atoms with Crippen molar-refractivity contribution in [1.82, 2.24) is 24.4 Å². The molecule has 1 N–H and O–H groups in total. The molecule has 3 heterocycles. The van der Waals surface area contributed by atoms with Gasteiger partial charge in [-0.1, -0.05) is 12.1 Å². The van der Waals surface area contributed by atoms with Crippen molar-refractivity contribution in [1.29, 1.82) is 0 Å². The maximum atomic E-state index is 12.3. The number of H-pyrrole nitrogens is 1. The SMILES string of the molecule is Cn1cnc(CN2CCCC2c2nc3ccccc3c(=O)[nH]2)cc1=O. The van der Waals surface area contributed by atoms with Crippen molar-refractivity contribution in [3.05, 3.63) is 68.9 Å². The van der Waals surface area contributed by atoms with Crippen LogP contribution in [-0.2, 0) is 13.6 Å². The molecule has 25 heavy (non-hydrogen) atoms. The molecule has 7 heteroatoms. The van der Waals surface area contributed by atoms with Gasteiger partial charge in [-0.05, 0) is 31.5 Å². The van der Waals surface area contributed by atoms with Gasteiger partial charge in [0.1, 0.15) is 5.82 Å². The third kappa shape index (κ3) is 2.98. The monoisotopic (exact) mass is 337 g/mol. The van der Waals surface area contributed by atoms with Crippen molar-refractivity contribution >= 4 is 10.9 Å². The van der Waals surface area contributed by atoms with Gasteiger partial charge in [0.25, 0.3) is 11.1 Å². The molecule has 7 nitrogen and oxygen atoms in total. The quantitative estimate of drug-likeness (QED) is 0.780. The number of nitrogens with zero attached hydrogens (tertiary/aromatic N) is 4. The Hall–Kier alpha value is -2.80. The van der Waals surface area contributed by atoms with Gasteiger partial charge in [-0.2, -0.15) is 0 Å². The maximum Gasteiger partial charge on any atom is 0.258 e. The van der Waals surface area contributed by atoms with E-state index in [0.29, 0.717) is 23.3 Å². The summed E-state index contributed by atoms with van der Waals surface area (Å²) in [4.78, 5) is 38.3. The summed E-state index contributed by atoms with van der Waals surface area (Å²) in [7, 11) is 1.68. The first kappa shape index (κ1) is 15.7. The van der Waals surface area contributed by atoms with Crippen LogP contribution >= 0.6 is 0 Å². The van der Waals surface area contributed by atoms with Crippen LogP contribution in [0.25, 0.3) is 10.9 Å². The summed E-state index contributed by atoms with van der Waals surface area (Å²) in [6.07, 6.45) is 3.48. The van der Waals surface area contributed by atoms with E-state index in [-0.39, 0.29) is 17.2 Å². The number of hydrogen-bond acceptors (Lipinski definition) is 5. The summed E-state index contributed by atoms with van der Waals surface area (Å²) in [5, 5.41) is 0.601. The average Bonchev–Trinajstić information content (AvgIpc) is 3.06. The molecule has 1 saturated heterocycles. The smallest absolute Gasteiger partial charge is 0.258 e. The topological polar surface area (TPSA) is 83.9 Å². The lowest BCUT2D eigenvalue weighted by Crippen LogP contribution is -2.28. The standard InChI is InChI=1S/C18H19N5O2/c1-22-11-19-12(9-16(22)24)10-23-8-4-7-15(23)17-20-14-6-3-2-5-13(14)18(25)21-17/h2-3,5-6,9,11,15H,4,7-8,10H2,1H3,(H,20,21,25). The Morgan fingerprint density at radius 2 is 2.12 bits per heavy atom. The second-order valence-electron chi connectivity index (χ2n) is 6.43. The molecule has 0 spiro atoms. The van der Waals surface area contributed by atoms with Crippen LogP contribution in [0.15, 0.2) is 46.2 Å². The van der Waals surface area contributed by atoms with Crippen molar-refractivity contribution in [2.24, 2.45) is 7.05 Å². The number of aryl methyl sites for hydroxylation is 1. The minimum atomic E-state index is -0.112. The first-order valence-corrected chi connectivity index (χ1v) is 8.36. The Kier molecular flexibility index (Phi) is 3.93. The van der Waals surface area contributed by atoms with Crippen LogP contribution in [0.1, 0.15) is 30.4 Å². The molecule has 128 valence electrons. The zero-order chi connectivity index (χ0) is 17.4. The second-order valence-corrected chi connectivity index (χ2v) is 6.43. The van der Waals surface area contributed by atoms with E-state index in [4.69, 9.17) is 0 Å². The number of likely N-dealkylation sites (tertiary alicyclic amines) is 1. The van der Waals surface area contributed by atoms with Gasteiger partial charge in [0.15, 0.2) is 0 Å². The van der Waals surface area contributed by atoms with Gasteiger partial charge in [0.05, 0.1) is 29.0 Å². The van der Waals surface area contributed by atoms with Gasteiger partial charge >= 0.3 is 0 Å². The normalized spacial score (nSPS) is 18.0. The van der Waals surface area contributed by atoms with Gasteiger partial charge in [-0.25, -0.2) is 9.97 Å². The van der Waals surface area contributed by atoms with Gasteiger partial charge in [-0.15, -0.1) is 0 Å². The fourth-order valence-electron chi connectivity index (χ4n) is 3.38. The zero-order valence-electron chi connectivity index (χ0n) is 14.0. The molecule has 1 aliphatic heterocycles. The Bertz CT molecular complexity index is 1040. The molecule has 3 aromatic rings. The highest BCUT2D eigenvalue weighted by atomic mass is 16.1. The second kappa shape index (κ2) is 6.25. The average molecular weight is 337 g/mol. The summed E-state index contributed by atoms with van der Waals surface area (Å²) >= 11 is 0. The van der Waals surface area contributed by atoms with E-state index in [1.807, 2.05) is 18.2 Å². The summed E-state index contributed by atoms with van der Waals surface area (Å²) in [5.74, 6) is 0.685. The molecule has 0 aliphatic carbocycles. The van der Waals surface area contributed by atoms with E-state index < -0.39 is 0 Å². The van der Waals surface area contributed by atoms with Crippen molar-refractivity contribution in [2.75, 3.05) is 6.54 Å². The minimum Gasteiger partial charge on any atom is -0.309 e. The maximum absolute atomic E-state index is 12.3. The van der Waals surface area contributed by atoms with E-state index in [1.54, 1.807) is 25.5 Å². The zero-order valence-corrected chi connectivity index (χ0v) is 14.0. The van der Waals surface area contributed by atoms with Crippen molar-refractivity contribution in [2.45, 2.75) is 25.4 Å². The van der Waals surface area contributed by atoms with Crippen molar-refractivity contribution in [3.63, 3.8) is 0 Å². The summed E-state index contributed by atoms with van der Waals surface area (Å²) in [6, 6.07) is 8.95. The number of benzene rings is 1. The molecule has 1 unspecified atom stereocenters. The highest BCUT2D eigenvalue weighted by Gasteiger charge is 2.28. The van der Waals surface area contributed by atoms with Gasteiger partial charge in [0.2, 0.25) is 0 Å². The van der Waals surface area contributed by atoms with E-state index in [0.717, 1.165) is 25.1 Å². The molecule has 0 bridgehead atoms. The lowest BCUT2D eigenvalue weighted by molar-refractivity contribution is 0.237. The first-order valence-electron chi connectivity index (χ1n) is 8.36. The fraction of sp³-hybridized carbons (Fsp3) is 0.333. The van der Waals surface area contributed by atoms with E-state index in [1.165, 1.54) is 4.57 Å². The fourth-order valence-corrected chi connectivity index (χ4v) is 3.38. The van der Waals surface area contributed by atoms with Crippen LogP contribution in [-0.4, -0.2) is 31.0 Å². The van der Waals surface area contributed by atoms with Crippen LogP contribution in [0.5, 0.6) is 0 Å². The first-order chi connectivity index (χ1) is 12.1. The number of hydrogen-bond donors (Lipinski definition) is 1. The van der Waals surface area contributed by atoms with E-state index in [2.05, 4.69) is 19.9 Å². The number of aromatic amines is 1. The molecule has 1 aromatic carbocycles. The number of rotatable bonds is 3. The molecule has 0 amide bonds. The van der Waals surface area contributed by atoms with Gasteiger partial charge < -0.3 is 9.55 Å². The van der Waals surface area contributed by atoms with Gasteiger partial charge in [-0.3, -0.25) is 14.5 Å². The molecular formula is C18H19N5O2. The van der Waals surface area contributed by atoms with Crippen LogP contribution in [0.3, 0.4) is 0 Å². The lowest BCUT2D eigenvalue weighted by Gasteiger charge is -2.23. The third-order valence-corrected chi connectivity index (χ3v) is 4.71. The number of fused-ring (bicyclic) bond motifs is 1. The summed E-state index contributed by atoms with van der Waals surface area (Å²) < 4.78 is 1.45. The number of para-hydroxylation sites is 1. The van der Waals surface area contributed by atoms with Crippen LogP contribution in [0, 0.1) is 0 Å². The number of aromatic nitrogens is 4. The molecular weight excluding hydrogens is 318 g/mol. The van der Waals surface area contributed by atoms with Crippen molar-refractivity contribution in [3.8, 4) is 0 Å². The molecule has 1 aliphatic rings.